The highest BCUT2D eigenvalue weighted by molar-refractivity contribution is 5.55. The molecule has 1 aromatic rings. The van der Waals surface area contributed by atoms with E-state index in [9.17, 15) is 0 Å². The quantitative estimate of drug-likeness (QED) is 0.842. The smallest absolute Gasteiger partial charge is 0.0398 e. The van der Waals surface area contributed by atoms with Crippen molar-refractivity contribution < 1.29 is 0 Å². The Kier molecular flexibility index (Phi) is 5.26. The van der Waals surface area contributed by atoms with Gasteiger partial charge >= 0.3 is 0 Å². The van der Waals surface area contributed by atoms with Crippen LogP contribution in [-0.2, 0) is 6.42 Å². The van der Waals surface area contributed by atoms with Gasteiger partial charge in [0.2, 0.25) is 0 Å². The standard InChI is InChI=1S/C17H28N2/c1-4-10-18-15(3)9-11-19-13-14(2)12-16-7-5-6-8-17(16)19/h5-8,14-15,18H,4,9-13H2,1-3H3. The molecule has 2 heteroatoms. The maximum absolute atomic E-state index is 3.58. The predicted molar refractivity (Wildman–Crippen MR) is 83.9 cm³/mol. The molecule has 1 aliphatic rings. The first-order chi connectivity index (χ1) is 9.20. The van der Waals surface area contributed by atoms with Crippen LogP contribution in [-0.4, -0.2) is 25.7 Å². The van der Waals surface area contributed by atoms with Gasteiger partial charge < -0.3 is 10.2 Å². The fourth-order valence-corrected chi connectivity index (χ4v) is 2.96. The van der Waals surface area contributed by atoms with E-state index < -0.39 is 0 Å². The lowest BCUT2D eigenvalue weighted by molar-refractivity contribution is 0.480. The molecule has 2 nitrogen and oxygen atoms in total. The molecule has 0 bridgehead atoms. The number of anilines is 1. The first-order valence-corrected chi connectivity index (χ1v) is 7.77. The molecule has 1 N–H and O–H groups in total. The molecular weight excluding hydrogens is 232 g/mol. The van der Waals surface area contributed by atoms with Crippen LogP contribution in [0, 0.1) is 5.92 Å². The number of hydrogen-bond acceptors (Lipinski definition) is 2. The molecule has 2 unspecified atom stereocenters. The Labute approximate surface area is 118 Å². The zero-order valence-electron chi connectivity index (χ0n) is 12.7. The van der Waals surface area contributed by atoms with Crippen LogP contribution in [0.15, 0.2) is 24.3 Å². The molecule has 1 aromatic carbocycles. The molecule has 19 heavy (non-hydrogen) atoms. The summed E-state index contributed by atoms with van der Waals surface area (Å²) in [7, 11) is 0. The van der Waals surface area contributed by atoms with Crippen LogP contribution < -0.4 is 10.2 Å². The van der Waals surface area contributed by atoms with Crippen LogP contribution in [0.3, 0.4) is 0 Å². The van der Waals surface area contributed by atoms with Crippen molar-refractivity contribution in [3.8, 4) is 0 Å². The minimum absolute atomic E-state index is 0.615. The molecule has 2 rings (SSSR count). The van der Waals surface area contributed by atoms with E-state index in [1.165, 1.54) is 43.6 Å². The summed E-state index contributed by atoms with van der Waals surface area (Å²) in [6, 6.07) is 9.52. The summed E-state index contributed by atoms with van der Waals surface area (Å²) in [6.45, 7) is 10.4. The molecule has 0 aliphatic carbocycles. The summed E-state index contributed by atoms with van der Waals surface area (Å²) in [6.07, 6.45) is 3.67. The van der Waals surface area contributed by atoms with Crippen molar-refractivity contribution in [2.45, 2.75) is 46.1 Å². The monoisotopic (exact) mass is 260 g/mol. The maximum Gasteiger partial charge on any atom is 0.0398 e. The molecule has 0 fully saturated rings. The highest BCUT2D eigenvalue weighted by atomic mass is 15.1. The van der Waals surface area contributed by atoms with Gasteiger partial charge in [0.15, 0.2) is 0 Å². The summed E-state index contributed by atoms with van der Waals surface area (Å²) < 4.78 is 0. The van der Waals surface area contributed by atoms with E-state index in [1.807, 2.05) is 0 Å². The van der Waals surface area contributed by atoms with E-state index in [0.29, 0.717) is 6.04 Å². The first kappa shape index (κ1) is 14.4. The molecule has 0 radical (unpaired) electrons. The molecule has 0 aromatic heterocycles. The molecule has 0 spiro atoms. The lowest BCUT2D eigenvalue weighted by Crippen LogP contribution is -2.38. The average Bonchev–Trinajstić information content (AvgIpc) is 2.42. The van der Waals surface area contributed by atoms with E-state index in [-0.39, 0.29) is 0 Å². The first-order valence-electron chi connectivity index (χ1n) is 7.77. The lowest BCUT2D eigenvalue weighted by Gasteiger charge is -2.35. The van der Waals surface area contributed by atoms with Crippen LogP contribution in [0.2, 0.25) is 0 Å². The molecule has 0 saturated heterocycles. The van der Waals surface area contributed by atoms with Crippen molar-refractivity contribution in [1.29, 1.82) is 0 Å². The van der Waals surface area contributed by atoms with E-state index in [4.69, 9.17) is 0 Å². The Morgan fingerprint density at radius 1 is 1.37 bits per heavy atom. The van der Waals surface area contributed by atoms with Gasteiger partial charge in [-0.1, -0.05) is 32.0 Å². The van der Waals surface area contributed by atoms with Crippen molar-refractivity contribution in [3.63, 3.8) is 0 Å². The summed E-state index contributed by atoms with van der Waals surface area (Å²) in [5.74, 6) is 0.772. The number of fused-ring (bicyclic) bond motifs is 1. The molecule has 1 heterocycles. The van der Waals surface area contributed by atoms with Crippen molar-refractivity contribution in [1.82, 2.24) is 5.32 Å². The Bertz CT molecular complexity index is 389. The third-order valence-corrected chi connectivity index (χ3v) is 4.01. The van der Waals surface area contributed by atoms with Gasteiger partial charge in [0, 0.05) is 24.8 Å². The van der Waals surface area contributed by atoms with E-state index in [0.717, 1.165) is 12.5 Å². The molecule has 0 amide bonds. The number of nitrogens with one attached hydrogen (secondary N) is 1. The second-order valence-electron chi connectivity index (χ2n) is 6.03. The molecular formula is C17H28N2. The van der Waals surface area contributed by atoms with Gasteiger partial charge in [0.25, 0.3) is 0 Å². The molecule has 106 valence electrons. The normalized spacial score (nSPS) is 20.2. The van der Waals surface area contributed by atoms with Crippen molar-refractivity contribution in [3.05, 3.63) is 29.8 Å². The summed E-state index contributed by atoms with van der Waals surface area (Å²) in [5, 5.41) is 3.58. The molecule has 1 aliphatic heterocycles. The van der Waals surface area contributed by atoms with Crippen molar-refractivity contribution in [2.24, 2.45) is 5.92 Å². The van der Waals surface area contributed by atoms with E-state index in [1.54, 1.807) is 0 Å². The number of hydrogen-bond donors (Lipinski definition) is 1. The van der Waals surface area contributed by atoms with Gasteiger partial charge in [0.05, 0.1) is 0 Å². The molecule has 2 atom stereocenters. The topological polar surface area (TPSA) is 15.3 Å². The fraction of sp³-hybridized carbons (Fsp3) is 0.647. The summed E-state index contributed by atoms with van der Waals surface area (Å²) >= 11 is 0. The van der Waals surface area contributed by atoms with Crippen molar-refractivity contribution >= 4 is 5.69 Å². The number of nitrogens with zero attached hydrogens (tertiary/aromatic N) is 1. The van der Waals surface area contributed by atoms with Crippen LogP contribution >= 0.6 is 0 Å². The Morgan fingerprint density at radius 3 is 2.95 bits per heavy atom. The summed E-state index contributed by atoms with van der Waals surface area (Å²) in [4.78, 5) is 2.58. The SMILES string of the molecule is CCCNC(C)CCN1CC(C)Cc2ccccc21. The van der Waals surface area contributed by atoms with Gasteiger partial charge in [-0.25, -0.2) is 0 Å². The fourth-order valence-electron chi connectivity index (χ4n) is 2.96. The van der Waals surface area contributed by atoms with Gasteiger partial charge in [0.1, 0.15) is 0 Å². The Hall–Kier alpha value is -1.02. The number of para-hydroxylation sites is 1. The highest BCUT2D eigenvalue weighted by Gasteiger charge is 2.21. The van der Waals surface area contributed by atoms with E-state index in [2.05, 4.69) is 55.3 Å². The maximum atomic E-state index is 3.58. The van der Waals surface area contributed by atoms with Gasteiger partial charge in [-0.15, -0.1) is 0 Å². The average molecular weight is 260 g/mol. The number of benzene rings is 1. The summed E-state index contributed by atoms with van der Waals surface area (Å²) in [5.41, 5.74) is 2.98. The third-order valence-electron chi connectivity index (χ3n) is 4.01. The van der Waals surface area contributed by atoms with Gasteiger partial charge in [-0.2, -0.15) is 0 Å². The zero-order chi connectivity index (χ0) is 13.7. The van der Waals surface area contributed by atoms with Crippen LogP contribution in [0.5, 0.6) is 0 Å². The second kappa shape index (κ2) is 6.95. The Balaban J connectivity index is 1.93. The van der Waals surface area contributed by atoms with Crippen LogP contribution in [0.25, 0.3) is 0 Å². The van der Waals surface area contributed by atoms with Crippen molar-refractivity contribution in [2.75, 3.05) is 24.5 Å². The highest BCUT2D eigenvalue weighted by Crippen LogP contribution is 2.29. The largest absolute Gasteiger partial charge is 0.371 e. The number of rotatable bonds is 6. The van der Waals surface area contributed by atoms with Gasteiger partial charge in [-0.3, -0.25) is 0 Å². The van der Waals surface area contributed by atoms with E-state index >= 15 is 0 Å². The Morgan fingerprint density at radius 2 is 2.16 bits per heavy atom. The second-order valence-corrected chi connectivity index (χ2v) is 6.03. The van der Waals surface area contributed by atoms with Gasteiger partial charge in [-0.05, 0) is 50.3 Å². The predicted octanol–water partition coefficient (Wildman–Crippen LogP) is 3.46. The minimum Gasteiger partial charge on any atom is -0.371 e. The lowest BCUT2D eigenvalue weighted by atomic mass is 9.93. The third kappa shape index (κ3) is 3.97. The molecule has 0 saturated carbocycles. The minimum atomic E-state index is 0.615. The van der Waals surface area contributed by atoms with Crippen LogP contribution in [0.4, 0.5) is 5.69 Å². The zero-order valence-corrected chi connectivity index (χ0v) is 12.7. The van der Waals surface area contributed by atoms with Crippen LogP contribution in [0.1, 0.15) is 39.2 Å².